The molecule has 0 heteroatoms. The van der Waals surface area contributed by atoms with Crippen LogP contribution in [-0.4, -0.2) is 0 Å². The third kappa shape index (κ3) is 2.85. The van der Waals surface area contributed by atoms with Crippen molar-refractivity contribution in [2.24, 2.45) is 0 Å². The molecule has 0 spiro atoms. The number of benzene rings is 1. The van der Waals surface area contributed by atoms with Gasteiger partial charge in [-0.3, -0.25) is 0 Å². The van der Waals surface area contributed by atoms with E-state index in [1.54, 1.807) is 0 Å². The highest BCUT2D eigenvalue weighted by molar-refractivity contribution is 5.83. The lowest BCUT2D eigenvalue weighted by atomic mass is 9.90. The Labute approximate surface area is 105 Å². The Morgan fingerprint density at radius 3 is 2.00 bits per heavy atom. The Balaban J connectivity index is 3.56. The van der Waals surface area contributed by atoms with Crippen LogP contribution < -0.4 is 0 Å². The zero-order chi connectivity index (χ0) is 13.0. The Kier molecular flexibility index (Phi) is 4.28. The molecule has 0 bridgehead atoms. The number of rotatable bonds is 4. The molecular weight excluding hydrogens is 204 g/mol. The summed E-state index contributed by atoms with van der Waals surface area (Å²) in [7, 11) is 0. The molecule has 0 saturated carbocycles. The summed E-state index contributed by atoms with van der Waals surface area (Å²) in [6.07, 6.45) is 1.89. The van der Waals surface area contributed by atoms with Crippen LogP contribution in [0.4, 0.5) is 0 Å². The van der Waals surface area contributed by atoms with Gasteiger partial charge in [0.05, 0.1) is 0 Å². The Morgan fingerprint density at radius 2 is 1.59 bits per heavy atom. The summed E-state index contributed by atoms with van der Waals surface area (Å²) in [6, 6.07) is 8.30. The first-order valence-electron chi connectivity index (χ1n) is 5.73. The van der Waals surface area contributed by atoms with Gasteiger partial charge in [0, 0.05) is 0 Å². The summed E-state index contributed by atoms with van der Waals surface area (Å²) in [4.78, 5) is 0. The van der Waals surface area contributed by atoms with Crippen molar-refractivity contribution in [2.75, 3.05) is 0 Å². The van der Waals surface area contributed by atoms with Gasteiger partial charge in [-0.2, -0.15) is 0 Å². The van der Waals surface area contributed by atoms with Crippen molar-refractivity contribution >= 4 is 5.57 Å². The standard InChI is InChI=1S/C17H20/c1-7-15(17(12(2)3)13(4)5)16-11-9-8-10-14(16)6/h7-11H,1-2,4H2,3,5-6H3. The molecule has 0 heterocycles. The number of allylic oxidation sites excluding steroid dienone is 5. The highest BCUT2D eigenvalue weighted by Crippen LogP contribution is 2.30. The minimum Gasteiger partial charge on any atom is -0.0984 e. The van der Waals surface area contributed by atoms with E-state index < -0.39 is 0 Å². The molecule has 0 aliphatic heterocycles. The molecule has 88 valence electrons. The lowest BCUT2D eigenvalue weighted by Crippen LogP contribution is -1.94. The zero-order valence-electron chi connectivity index (χ0n) is 11.0. The molecule has 0 amide bonds. The van der Waals surface area contributed by atoms with Gasteiger partial charge < -0.3 is 0 Å². The largest absolute Gasteiger partial charge is 0.0984 e. The SMILES string of the molecule is C=CC(=C(C(=C)C)C(=C)C)c1ccccc1C. The van der Waals surface area contributed by atoms with Gasteiger partial charge >= 0.3 is 0 Å². The van der Waals surface area contributed by atoms with E-state index in [0.29, 0.717) is 0 Å². The summed E-state index contributed by atoms with van der Waals surface area (Å²) in [6.45, 7) is 18.1. The van der Waals surface area contributed by atoms with Crippen LogP contribution in [-0.2, 0) is 0 Å². The molecule has 0 saturated heterocycles. The molecule has 1 rings (SSSR count). The predicted octanol–water partition coefficient (Wildman–Crippen LogP) is 5.09. The van der Waals surface area contributed by atoms with Gasteiger partial charge in [0.2, 0.25) is 0 Å². The van der Waals surface area contributed by atoms with E-state index in [-0.39, 0.29) is 0 Å². The molecule has 0 aliphatic rings. The fourth-order valence-electron chi connectivity index (χ4n) is 2.05. The van der Waals surface area contributed by atoms with Crippen molar-refractivity contribution in [3.8, 4) is 0 Å². The normalized spacial score (nSPS) is 9.59. The van der Waals surface area contributed by atoms with Crippen LogP contribution in [0.5, 0.6) is 0 Å². The second kappa shape index (κ2) is 5.49. The molecule has 0 atom stereocenters. The summed E-state index contributed by atoms with van der Waals surface area (Å²) in [5.41, 5.74) is 6.70. The van der Waals surface area contributed by atoms with E-state index in [0.717, 1.165) is 22.3 Å². The van der Waals surface area contributed by atoms with E-state index in [1.165, 1.54) is 11.1 Å². The number of hydrogen-bond acceptors (Lipinski definition) is 0. The van der Waals surface area contributed by atoms with Crippen molar-refractivity contribution in [1.29, 1.82) is 0 Å². The summed E-state index contributed by atoms with van der Waals surface area (Å²) < 4.78 is 0. The highest BCUT2D eigenvalue weighted by Gasteiger charge is 2.09. The van der Waals surface area contributed by atoms with E-state index >= 15 is 0 Å². The molecular formula is C17H20. The first kappa shape index (κ1) is 13.2. The smallest absolute Gasteiger partial charge is 0.0110 e. The molecule has 0 nitrogen and oxygen atoms in total. The molecule has 0 radical (unpaired) electrons. The molecule has 17 heavy (non-hydrogen) atoms. The molecule has 0 aromatic heterocycles. The van der Waals surface area contributed by atoms with Crippen LogP contribution in [0.1, 0.15) is 25.0 Å². The number of hydrogen-bond donors (Lipinski definition) is 0. The zero-order valence-corrected chi connectivity index (χ0v) is 11.0. The summed E-state index contributed by atoms with van der Waals surface area (Å²) in [5, 5.41) is 0. The quantitative estimate of drug-likeness (QED) is 0.625. The molecule has 0 fully saturated rings. The first-order valence-corrected chi connectivity index (χ1v) is 5.73. The second-order valence-electron chi connectivity index (χ2n) is 4.37. The fourth-order valence-corrected chi connectivity index (χ4v) is 2.05. The van der Waals surface area contributed by atoms with Crippen LogP contribution >= 0.6 is 0 Å². The number of aryl methyl sites for hydroxylation is 1. The average Bonchev–Trinajstić information content (AvgIpc) is 2.25. The maximum atomic E-state index is 4.03. The third-order valence-corrected chi connectivity index (χ3v) is 2.76. The van der Waals surface area contributed by atoms with Gasteiger partial charge in [-0.05, 0) is 43.0 Å². The minimum absolute atomic E-state index is 1.02. The van der Waals surface area contributed by atoms with Crippen LogP contribution in [0.15, 0.2) is 66.8 Å². The summed E-state index contributed by atoms with van der Waals surface area (Å²) in [5.74, 6) is 0. The first-order chi connectivity index (χ1) is 7.99. The van der Waals surface area contributed by atoms with Crippen molar-refractivity contribution in [3.05, 3.63) is 77.9 Å². The van der Waals surface area contributed by atoms with Crippen LogP contribution in [0, 0.1) is 6.92 Å². The molecule has 0 aliphatic carbocycles. The van der Waals surface area contributed by atoms with Gasteiger partial charge in [0.1, 0.15) is 0 Å². The van der Waals surface area contributed by atoms with E-state index in [1.807, 2.05) is 32.1 Å². The summed E-state index contributed by atoms with van der Waals surface area (Å²) >= 11 is 0. The molecule has 0 unspecified atom stereocenters. The maximum Gasteiger partial charge on any atom is -0.0110 e. The fraction of sp³-hybridized carbons (Fsp3) is 0.176. The van der Waals surface area contributed by atoms with E-state index in [2.05, 4.69) is 38.8 Å². The van der Waals surface area contributed by atoms with Gasteiger partial charge in [0.15, 0.2) is 0 Å². The van der Waals surface area contributed by atoms with Gasteiger partial charge in [-0.1, -0.05) is 61.2 Å². The average molecular weight is 224 g/mol. The molecule has 1 aromatic rings. The Morgan fingerprint density at radius 1 is 1.06 bits per heavy atom. The lowest BCUT2D eigenvalue weighted by molar-refractivity contribution is 1.33. The second-order valence-corrected chi connectivity index (χ2v) is 4.37. The van der Waals surface area contributed by atoms with Crippen LogP contribution in [0.2, 0.25) is 0 Å². The highest BCUT2D eigenvalue weighted by atomic mass is 14.1. The van der Waals surface area contributed by atoms with Crippen molar-refractivity contribution in [3.63, 3.8) is 0 Å². The topological polar surface area (TPSA) is 0 Å². The van der Waals surface area contributed by atoms with Gasteiger partial charge in [-0.15, -0.1) is 0 Å². The van der Waals surface area contributed by atoms with Gasteiger partial charge in [0.25, 0.3) is 0 Å². The van der Waals surface area contributed by atoms with Crippen molar-refractivity contribution < 1.29 is 0 Å². The molecule has 1 aromatic carbocycles. The van der Waals surface area contributed by atoms with Crippen LogP contribution in [0.25, 0.3) is 5.57 Å². The Hall–Kier alpha value is -1.82. The van der Waals surface area contributed by atoms with E-state index in [4.69, 9.17) is 0 Å². The van der Waals surface area contributed by atoms with Crippen molar-refractivity contribution in [1.82, 2.24) is 0 Å². The third-order valence-electron chi connectivity index (χ3n) is 2.76. The lowest BCUT2D eigenvalue weighted by Gasteiger charge is -2.15. The van der Waals surface area contributed by atoms with Crippen LogP contribution in [0.3, 0.4) is 0 Å². The monoisotopic (exact) mass is 224 g/mol. The van der Waals surface area contributed by atoms with Crippen molar-refractivity contribution in [2.45, 2.75) is 20.8 Å². The van der Waals surface area contributed by atoms with Gasteiger partial charge in [-0.25, -0.2) is 0 Å². The minimum atomic E-state index is 1.02. The van der Waals surface area contributed by atoms with E-state index in [9.17, 15) is 0 Å². The Bertz CT molecular complexity index is 483. The maximum absolute atomic E-state index is 4.03. The predicted molar refractivity (Wildman–Crippen MR) is 77.9 cm³/mol. The molecule has 0 N–H and O–H groups in total.